The number of aromatic nitrogens is 2. The minimum absolute atomic E-state index is 0.125. The standard InChI is InChI=1S/C19H32N4/c1-19(2,3)17-13-20-18(21-14-17)23-11-7-16(8-12-23)15-22-9-5-4-6-10-22/h13-14,16H,4-12,15H2,1-3H3. The molecule has 2 aliphatic heterocycles. The fraction of sp³-hybridized carbons (Fsp3) is 0.789. The molecule has 0 aliphatic carbocycles. The van der Waals surface area contributed by atoms with Crippen LogP contribution in [0.2, 0.25) is 0 Å². The van der Waals surface area contributed by atoms with Gasteiger partial charge in [0, 0.05) is 32.0 Å². The molecule has 0 bridgehead atoms. The zero-order valence-electron chi connectivity index (χ0n) is 15.1. The second-order valence-electron chi connectivity index (χ2n) is 8.31. The van der Waals surface area contributed by atoms with Crippen molar-refractivity contribution in [2.45, 2.75) is 58.3 Å². The third kappa shape index (κ3) is 4.43. The molecule has 0 aromatic carbocycles. The Morgan fingerprint density at radius 1 is 0.957 bits per heavy atom. The molecule has 4 heteroatoms. The van der Waals surface area contributed by atoms with Crippen molar-refractivity contribution in [1.29, 1.82) is 0 Å². The Bertz CT molecular complexity index is 477. The van der Waals surface area contributed by atoms with E-state index in [4.69, 9.17) is 0 Å². The van der Waals surface area contributed by atoms with Gasteiger partial charge in [-0.3, -0.25) is 0 Å². The van der Waals surface area contributed by atoms with Crippen molar-refractivity contribution < 1.29 is 0 Å². The quantitative estimate of drug-likeness (QED) is 0.854. The predicted molar refractivity (Wildman–Crippen MR) is 96.0 cm³/mol. The summed E-state index contributed by atoms with van der Waals surface area (Å²) >= 11 is 0. The van der Waals surface area contributed by atoms with E-state index in [2.05, 4.69) is 40.5 Å². The van der Waals surface area contributed by atoms with Gasteiger partial charge in [0.05, 0.1) is 0 Å². The zero-order chi connectivity index (χ0) is 16.3. The molecule has 128 valence electrons. The van der Waals surface area contributed by atoms with E-state index in [0.717, 1.165) is 25.0 Å². The van der Waals surface area contributed by atoms with Crippen LogP contribution >= 0.6 is 0 Å². The molecule has 1 aromatic rings. The van der Waals surface area contributed by atoms with Crippen LogP contribution in [0.4, 0.5) is 5.95 Å². The van der Waals surface area contributed by atoms with Gasteiger partial charge in [-0.2, -0.15) is 0 Å². The van der Waals surface area contributed by atoms with Crippen LogP contribution in [0.5, 0.6) is 0 Å². The van der Waals surface area contributed by atoms with Gasteiger partial charge in [-0.25, -0.2) is 9.97 Å². The minimum atomic E-state index is 0.125. The maximum absolute atomic E-state index is 4.61. The Morgan fingerprint density at radius 2 is 1.57 bits per heavy atom. The molecule has 1 aromatic heterocycles. The number of piperidine rings is 2. The van der Waals surface area contributed by atoms with Gasteiger partial charge in [0.2, 0.25) is 5.95 Å². The van der Waals surface area contributed by atoms with Crippen LogP contribution in [-0.4, -0.2) is 47.6 Å². The smallest absolute Gasteiger partial charge is 0.225 e. The Labute approximate surface area is 141 Å². The van der Waals surface area contributed by atoms with E-state index in [9.17, 15) is 0 Å². The minimum Gasteiger partial charge on any atom is -0.341 e. The molecule has 2 saturated heterocycles. The maximum atomic E-state index is 4.61. The predicted octanol–water partition coefficient (Wildman–Crippen LogP) is 3.48. The van der Waals surface area contributed by atoms with Crippen molar-refractivity contribution >= 4 is 5.95 Å². The van der Waals surface area contributed by atoms with Crippen molar-refractivity contribution in [2.24, 2.45) is 5.92 Å². The summed E-state index contributed by atoms with van der Waals surface area (Å²) in [4.78, 5) is 14.3. The first-order valence-electron chi connectivity index (χ1n) is 9.32. The fourth-order valence-electron chi connectivity index (χ4n) is 3.69. The average Bonchev–Trinajstić information content (AvgIpc) is 2.56. The lowest BCUT2D eigenvalue weighted by Gasteiger charge is -2.36. The van der Waals surface area contributed by atoms with E-state index in [1.54, 1.807) is 0 Å². The number of nitrogens with zero attached hydrogens (tertiary/aromatic N) is 4. The summed E-state index contributed by atoms with van der Waals surface area (Å²) in [5.74, 6) is 1.77. The largest absolute Gasteiger partial charge is 0.341 e. The number of hydrogen-bond acceptors (Lipinski definition) is 4. The van der Waals surface area contributed by atoms with Crippen LogP contribution in [0, 0.1) is 5.92 Å². The molecule has 0 N–H and O–H groups in total. The molecule has 0 amide bonds. The molecular formula is C19H32N4. The summed E-state index contributed by atoms with van der Waals surface area (Å²) in [5, 5.41) is 0. The monoisotopic (exact) mass is 316 g/mol. The Hall–Kier alpha value is -1.16. The van der Waals surface area contributed by atoms with Gasteiger partial charge in [0.1, 0.15) is 0 Å². The van der Waals surface area contributed by atoms with E-state index in [1.165, 1.54) is 57.3 Å². The fourth-order valence-corrected chi connectivity index (χ4v) is 3.69. The van der Waals surface area contributed by atoms with Gasteiger partial charge in [-0.15, -0.1) is 0 Å². The van der Waals surface area contributed by atoms with Crippen LogP contribution in [0.15, 0.2) is 12.4 Å². The number of anilines is 1. The Kier molecular flexibility index (Phi) is 5.20. The molecule has 0 saturated carbocycles. The highest BCUT2D eigenvalue weighted by Gasteiger charge is 2.24. The van der Waals surface area contributed by atoms with Crippen LogP contribution in [0.1, 0.15) is 58.4 Å². The van der Waals surface area contributed by atoms with Crippen molar-refractivity contribution in [3.63, 3.8) is 0 Å². The van der Waals surface area contributed by atoms with Gasteiger partial charge in [-0.1, -0.05) is 27.2 Å². The number of hydrogen-bond donors (Lipinski definition) is 0. The third-order valence-corrected chi connectivity index (χ3v) is 5.37. The zero-order valence-corrected chi connectivity index (χ0v) is 15.1. The molecule has 2 fully saturated rings. The van der Waals surface area contributed by atoms with E-state index in [-0.39, 0.29) is 5.41 Å². The highest BCUT2D eigenvalue weighted by atomic mass is 15.3. The summed E-state index contributed by atoms with van der Waals surface area (Å²) in [6.45, 7) is 12.8. The summed E-state index contributed by atoms with van der Waals surface area (Å²) in [6.07, 6.45) is 10.8. The SMILES string of the molecule is CC(C)(C)c1cnc(N2CCC(CN3CCCCC3)CC2)nc1. The molecule has 3 rings (SSSR count). The first-order valence-corrected chi connectivity index (χ1v) is 9.32. The van der Waals surface area contributed by atoms with Gasteiger partial charge in [0.15, 0.2) is 0 Å². The van der Waals surface area contributed by atoms with Gasteiger partial charge in [0.25, 0.3) is 0 Å². The van der Waals surface area contributed by atoms with Crippen LogP contribution in [0.3, 0.4) is 0 Å². The van der Waals surface area contributed by atoms with Gasteiger partial charge >= 0.3 is 0 Å². The molecule has 0 spiro atoms. The topological polar surface area (TPSA) is 32.3 Å². The van der Waals surface area contributed by atoms with Crippen molar-refractivity contribution in [3.05, 3.63) is 18.0 Å². The average molecular weight is 316 g/mol. The molecular weight excluding hydrogens is 284 g/mol. The molecule has 4 nitrogen and oxygen atoms in total. The first-order chi connectivity index (χ1) is 11.0. The Balaban J connectivity index is 1.50. The van der Waals surface area contributed by atoms with E-state index < -0.39 is 0 Å². The summed E-state index contributed by atoms with van der Waals surface area (Å²) in [5.41, 5.74) is 1.33. The molecule has 2 aliphatic rings. The van der Waals surface area contributed by atoms with E-state index >= 15 is 0 Å². The summed E-state index contributed by atoms with van der Waals surface area (Å²) in [7, 11) is 0. The summed E-state index contributed by atoms with van der Waals surface area (Å²) in [6, 6.07) is 0. The third-order valence-electron chi connectivity index (χ3n) is 5.37. The summed E-state index contributed by atoms with van der Waals surface area (Å²) < 4.78 is 0. The van der Waals surface area contributed by atoms with E-state index in [0.29, 0.717) is 0 Å². The molecule has 23 heavy (non-hydrogen) atoms. The molecule has 0 radical (unpaired) electrons. The number of rotatable bonds is 3. The van der Waals surface area contributed by atoms with Crippen LogP contribution in [0.25, 0.3) is 0 Å². The highest BCUT2D eigenvalue weighted by molar-refractivity contribution is 5.31. The Morgan fingerprint density at radius 3 is 2.13 bits per heavy atom. The lowest BCUT2D eigenvalue weighted by Crippen LogP contribution is -2.41. The van der Waals surface area contributed by atoms with Gasteiger partial charge in [-0.05, 0) is 55.7 Å². The molecule has 3 heterocycles. The first kappa shape index (κ1) is 16.7. The molecule has 0 unspecified atom stereocenters. The normalized spacial score (nSPS) is 21.6. The lowest BCUT2D eigenvalue weighted by molar-refractivity contribution is 0.181. The molecule has 0 atom stereocenters. The van der Waals surface area contributed by atoms with Crippen molar-refractivity contribution in [3.8, 4) is 0 Å². The number of likely N-dealkylation sites (tertiary alicyclic amines) is 1. The van der Waals surface area contributed by atoms with Crippen molar-refractivity contribution in [2.75, 3.05) is 37.6 Å². The maximum Gasteiger partial charge on any atom is 0.225 e. The second kappa shape index (κ2) is 7.16. The van der Waals surface area contributed by atoms with Gasteiger partial charge < -0.3 is 9.80 Å². The second-order valence-corrected chi connectivity index (χ2v) is 8.31. The van der Waals surface area contributed by atoms with E-state index in [1.807, 2.05) is 12.4 Å². The highest BCUT2D eigenvalue weighted by Crippen LogP contribution is 2.25. The van der Waals surface area contributed by atoms with Crippen LogP contribution < -0.4 is 4.90 Å². The van der Waals surface area contributed by atoms with Crippen LogP contribution in [-0.2, 0) is 5.41 Å². The van der Waals surface area contributed by atoms with Crippen molar-refractivity contribution in [1.82, 2.24) is 14.9 Å². The lowest BCUT2D eigenvalue weighted by atomic mass is 9.89.